The summed E-state index contributed by atoms with van der Waals surface area (Å²) in [4.78, 5) is 3.23. The standard InChI is InChI=1S/C12H16N6S/c1-5-8-9(6-16(3)15-8)18-11-10(13-12(18)19)7(2)14-17(11)4/h6H,5H2,1-4H3,(H,13,19). The summed E-state index contributed by atoms with van der Waals surface area (Å²) in [6.45, 7) is 4.07. The molecule has 0 amide bonds. The molecule has 0 aliphatic heterocycles. The van der Waals surface area contributed by atoms with Crippen molar-refractivity contribution in [1.82, 2.24) is 29.1 Å². The highest BCUT2D eigenvalue weighted by Crippen LogP contribution is 2.23. The van der Waals surface area contributed by atoms with E-state index >= 15 is 0 Å². The van der Waals surface area contributed by atoms with Crippen LogP contribution in [0, 0.1) is 11.7 Å². The van der Waals surface area contributed by atoms with Gasteiger partial charge in [-0.1, -0.05) is 6.92 Å². The van der Waals surface area contributed by atoms with E-state index in [-0.39, 0.29) is 0 Å². The first-order chi connectivity index (χ1) is 9.02. The zero-order valence-corrected chi connectivity index (χ0v) is 12.2. The fraction of sp³-hybridized carbons (Fsp3) is 0.417. The van der Waals surface area contributed by atoms with Gasteiger partial charge in [0.05, 0.1) is 17.1 Å². The van der Waals surface area contributed by atoms with Gasteiger partial charge in [0.15, 0.2) is 10.4 Å². The van der Waals surface area contributed by atoms with Gasteiger partial charge in [-0.05, 0) is 25.6 Å². The predicted octanol–water partition coefficient (Wildman–Crippen LogP) is 2.03. The summed E-state index contributed by atoms with van der Waals surface area (Å²) in [5.41, 5.74) is 4.95. The van der Waals surface area contributed by atoms with E-state index in [1.165, 1.54) is 0 Å². The molecule has 3 heterocycles. The number of imidazole rings is 1. The third-order valence-corrected chi connectivity index (χ3v) is 3.58. The molecular formula is C12H16N6S. The SMILES string of the molecule is CCc1nn(C)cc1-n1c(=S)[nH]c2c(C)nn(C)c21. The highest BCUT2D eigenvalue weighted by Gasteiger charge is 2.17. The largest absolute Gasteiger partial charge is 0.327 e. The summed E-state index contributed by atoms with van der Waals surface area (Å²) in [6.07, 6.45) is 2.85. The second-order valence-corrected chi connectivity index (χ2v) is 5.05. The molecule has 6 nitrogen and oxygen atoms in total. The molecule has 0 saturated carbocycles. The van der Waals surface area contributed by atoms with Crippen LogP contribution in [-0.2, 0) is 20.5 Å². The van der Waals surface area contributed by atoms with Gasteiger partial charge < -0.3 is 4.98 Å². The molecular weight excluding hydrogens is 260 g/mol. The van der Waals surface area contributed by atoms with Crippen LogP contribution in [0.1, 0.15) is 18.3 Å². The second-order valence-electron chi connectivity index (χ2n) is 4.66. The number of nitrogens with one attached hydrogen (secondary N) is 1. The van der Waals surface area contributed by atoms with Crippen molar-refractivity contribution in [2.45, 2.75) is 20.3 Å². The Labute approximate surface area is 115 Å². The Morgan fingerprint density at radius 2 is 2.05 bits per heavy atom. The van der Waals surface area contributed by atoms with Gasteiger partial charge in [0.25, 0.3) is 0 Å². The maximum absolute atomic E-state index is 5.45. The first kappa shape index (κ1) is 12.2. The van der Waals surface area contributed by atoms with Gasteiger partial charge in [-0.25, -0.2) is 4.68 Å². The van der Waals surface area contributed by atoms with Gasteiger partial charge >= 0.3 is 0 Å². The minimum atomic E-state index is 0.675. The number of rotatable bonds is 2. The molecule has 0 atom stereocenters. The van der Waals surface area contributed by atoms with E-state index in [1.807, 2.05) is 41.1 Å². The van der Waals surface area contributed by atoms with Crippen LogP contribution in [0.2, 0.25) is 0 Å². The van der Waals surface area contributed by atoms with Crippen LogP contribution in [0.5, 0.6) is 0 Å². The molecule has 100 valence electrons. The van der Waals surface area contributed by atoms with E-state index < -0.39 is 0 Å². The van der Waals surface area contributed by atoms with Crippen LogP contribution >= 0.6 is 12.2 Å². The summed E-state index contributed by atoms with van der Waals surface area (Å²) >= 11 is 5.45. The molecule has 7 heteroatoms. The van der Waals surface area contributed by atoms with E-state index in [0.717, 1.165) is 34.7 Å². The number of aromatic nitrogens is 6. The van der Waals surface area contributed by atoms with Crippen molar-refractivity contribution in [3.8, 4) is 5.69 Å². The van der Waals surface area contributed by atoms with Crippen LogP contribution < -0.4 is 0 Å². The lowest BCUT2D eigenvalue weighted by Gasteiger charge is -2.03. The average Bonchev–Trinajstić information content (AvgIpc) is 2.95. The second kappa shape index (κ2) is 4.06. The first-order valence-corrected chi connectivity index (χ1v) is 6.61. The van der Waals surface area contributed by atoms with Gasteiger partial charge in [0, 0.05) is 20.3 Å². The maximum Gasteiger partial charge on any atom is 0.184 e. The van der Waals surface area contributed by atoms with Gasteiger partial charge in [-0.3, -0.25) is 9.25 Å². The van der Waals surface area contributed by atoms with E-state index in [1.54, 1.807) is 0 Å². The number of hydrogen-bond donors (Lipinski definition) is 1. The molecule has 3 aromatic heterocycles. The molecule has 0 aliphatic carbocycles. The normalized spacial score (nSPS) is 11.6. The van der Waals surface area contributed by atoms with Crippen molar-refractivity contribution in [2.75, 3.05) is 0 Å². The maximum atomic E-state index is 5.45. The van der Waals surface area contributed by atoms with Crippen LogP contribution in [0.25, 0.3) is 16.9 Å². The third kappa shape index (κ3) is 1.65. The van der Waals surface area contributed by atoms with Gasteiger partial charge in [-0.2, -0.15) is 10.2 Å². The zero-order valence-electron chi connectivity index (χ0n) is 11.4. The number of hydrogen-bond acceptors (Lipinski definition) is 3. The van der Waals surface area contributed by atoms with Crippen molar-refractivity contribution in [1.29, 1.82) is 0 Å². The summed E-state index contributed by atoms with van der Waals surface area (Å²) in [6, 6.07) is 0. The van der Waals surface area contributed by atoms with E-state index in [9.17, 15) is 0 Å². The van der Waals surface area contributed by atoms with Gasteiger partial charge in [0.1, 0.15) is 5.52 Å². The number of aryl methyl sites for hydroxylation is 4. The highest BCUT2D eigenvalue weighted by molar-refractivity contribution is 7.71. The van der Waals surface area contributed by atoms with Crippen molar-refractivity contribution in [2.24, 2.45) is 14.1 Å². The third-order valence-electron chi connectivity index (χ3n) is 3.30. The molecule has 3 rings (SSSR count). The Kier molecular flexibility index (Phi) is 2.60. The van der Waals surface area contributed by atoms with Crippen molar-refractivity contribution in [3.05, 3.63) is 22.4 Å². The molecule has 0 saturated heterocycles. The summed E-state index contributed by atoms with van der Waals surface area (Å²) in [5.74, 6) is 0. The van der Waals surface area contributed by atoms with Crippen molar-refractivity contribution in [3.63, 3.8) is 0 Å². The van der Waals surface area contributed by atoms with Crippen LogP contribution in [0.4, 0.5) is 0 Å². The highest BCUT2D eigenvalue weighted by atomic mass is 32.1. The quantitative estimate of drug-likeness (QED) is 0.729. The molecule has 0 unspecified atom stereocenters. The van der Waals surface area contributed by atoms with Crippen LogP contribution in [-0.4, -0.2) is 29.1 Å². The molecule has 0 fully saturated rings. The summed E-state index contributed by atoms with van der Waals surface area (Å²) in [5, 5.41) is 8.91. The number of aromatic amines is 1. The fourth-order valence-electron chi connectivity index (χ4n) is 2.49. The number of H-pyrrole nitrogens is 1. The summed E-state index contributed by atoms with van der Waals surface area (Å²) in [7, 11) is 3.85. The molecule has 1 N–H and O–H groups in total. The molecule has 3 aromatic rings. The molecule has 0 radical (unpaired) electrons. The van der Waals surface area contributed by atoms with Crippen molar-refractivity contribution >= 4 is 23.4 Å². The Balaban J connectivity index is 2.42. The molecule has 19 heavy (non-hydrogen) atoms. The lowest BCUT2D eigenvalue weighted by atomic mass is 10.3. The lowest BCUT2D eigenvalue weighted by Crippen LogP contribution is -2.02. The molecule has 0 aliphatic rings. The summed E-state index contributed by atoms with van der Waals surface area (Å²) < 4.78 is 6.35. The number of nitrogens with zero attached hydrogens (tertiary/aromatic N) is 5. The van der Waals surface area contributed by atoms with Crippen LogP contribution in [0.15, 0.2) is 6.20 Å². The van der Waals surface area contributed by atoms with E-state index in [2.05, 4.69) is 22.1 Å². The van der Waals surface area contributed by atoms with Gasteiger partial charge in [0.2, 0.25) is 0 Å². The lowest BCUT2D eigenvalue weighted by molar-refractivity contribution is 0.746. The van der Waals surface area contributed by atoms with E-state index in [4.69, 9.17) is 12.2 Å². The minimum Gasteiger partial charge on any atom is -0.327 e. The monoisotopic (exact) mass is 276 g/mol. The van der Waals surface area contributed by atoms with Crippen molar-refractivity contribution < 1.29 is 0 Å². The molecule has 0 aromatic carbocycles. The molecule has 0 bridgehead atoms. The Hall–Kier alpha value is -1.89. The zero-order chi connectivity index (χ0) is 13.7. The minimum absolute atomic E-state index is 0.675. The first-order valence-electron chi connectivity index (χ1n) is 6.20. The predicted molar refractivity (Wildman–Crippen MR) is 76.1 cm³/mol. The Morgan fingerprint density at radius 3 is 2.74 bits per heavy atom. The fourth-order valence-corrected chi connectivity index (χ4v) is 2.78. The average molecular weight is 276 g/mol. The topological polar surface area (TPSA) is 56.4 Å². The Bertz CT molecular complexity index is 815. The number of fused-ring (bicyclic) bond motifs is 1. The molecule has 0 spiro atoms. The Morgan fingerprint density at radius 1 is 1.32 bits per heavy atom. The van der Waals surface area contributed by atoms with E-state index in [0.29, 0.717) is 4.77 Å². The van der Waals surface area contributed by atoms with Crippen LogP contribution in [0.3, 0.4) is 0 Å². The van der Waals surface area contributed by atoms with Gasteiger partial charge in [-0.15, -0.1) is 0 Å². The smallest absolute Gasteiger partial charge is 0.184 e.